The van der Waals surface area contributed by atoms with E-state index in [4.69, 9.17) is 9.84 Å². The van der Waals surface area contributed by atoms with Gasteiger partial charge in [-0.2, -0.15) is 13.2 Å². The van der Waals surface area contributed by atoms with Crippen molar-refractivity contribution >= 4 is 11.9 Å². The minimum Gasteiger partial charge on any atom is -0.481 e. The summed E-state index contributed by atoms with van der Waals surface area (Å²) in [6.45, 7) is -0.00370. The number of halogens is 3. The molecular weight excluding hydrogens is 279 g/mol. The van der Waals surface area contributed by atoms with Gasteiger partial charge in [-0.1, -0.05) is 0 Å². The van der Waals surface area contributed by atoms with Crippen molar-refractivity contribution < 1.29 is 32.6 Å². The maximum absolute atomic E-state index is 12.3. The summed E-state index contributed by atoms with van der Waals surface area (Å²) < 4.78 is 42.7. The third-order valence-electron chi connectivity index (χ3n) is 3.95. The van der Waals surface area contributed by atoms with E-state index in [0.717, 1.165) is 4.90 Å². The van der Waals surface area contributed by atoms with Crippen LogP contribution in [-0.2, 0) is 14.3 Å². The lowest BCUT2D eigenvalue weighted by molar-refractivity contribution is -0.189. The standard InChI is InChI=1S/C12H16F3NO4/c13-12(14,15)10(19)16-5-3-11(4-6-16)2-1-8(20-11)7-9(17)18/h8H,1-7H2,(H,17,18). The summed E-state index contributed by atoms with van der Waals surface area (Å²) in [6, 6.07) is 0. The van der Waals surface area contributed by atoms with Crippen LogP contribution in [0.5, 0.6) is 0 Å². The van der Waals surface area contributed by atoms with Gasteiger partial charge in [-0.25, -0.2) is 0 Å². The highest BCUT2D eigenvalue weighted by atomic mass is 19.4. The Hall–Kier alpha value is -1.31. The summed E-state index contributed by atoms with van der Waals surface area (Å²) in [7, 11) is 0. The highest BCUT2D eigenvalue weighted by molar-refractivity contribution is 5.81. The lowest BCUT2D eigenvalue weighted by Crippen LogP contribution is -2.50. The van der Waals surface area contributed by atoms with Crippen LogP contribution in [0.1, 0.15) is 32.1 Å². The summed E-state index contributed by atoms with van der Waals surface area (Å²) >= 11 is 0. The number of aliphatic carboxylic acids is 1. The van der Waals surface area contributed by atoms with Gasteiger partial charge in [0.15, 0.2) is 0 Å². The van der Waals surface area contributed by atoms with E-state index in [9.17, 15) is 22.8 Å². The molecule has 0 saturated carbocycles. The summed E-state index contributed by atoms with van der Waals surface area (Å²) in [5.41, 5.74) is -0.553. The maximum atomic E-state index is 12.3. The fraction of sp³-hybridized carbons (Fsp3) is 0.833. The zero-order valence-electron chi connectivity index (χ0n) is 10.8. The normalized spacial score (nSPS) is 25.9. The number of piperidine rings is 1. The third kappa shape index (κ3) is 3.23. The fourth-order valence-electron chi connectivity index (χ4n) is 2.90. The molecule has 0 radical (unpaired) electrons. The monoisotopic (exact) mass is 295 g/mol. The van der Waals surface area contributed by atoms with E-state index >= 15 is 0 Å². The number of carbonyl (C=O) groups is 2. The average molecular weight is 295 g/mol. The molecule has 0 aliphatic carbocycles. The second kappa shape index (κ2) is 5.23. The first kappa shape index (κ1) is 15.1. The highest BCUT2D eigenvalue weighted by Gasteiger charge is 2.48. The SMILES string of the molecule is O=C(O)CC1CCC2(CCN(C(=O)C(F)(F)F)CC2)O1. The van der Waals surface area contributed by atoms with Crippen molar-refractivity contribution in [3.63, 3.8) is 0 Å². The molecule has 1 N–H and O–H groups in total. The molecule has 2 aliphatic heterocycles. The first-order valence-corrected chi connectivity index (χ1v) is 6.48. The Bertz CT molecular complexity index is 402. The van der Waals surface area contributed by atoms with E-state index in [1.807, 2.05) is 0 Å². The van der Waals surface area contributed by atoms with Crippen molar-refractivity contribution in [1.82, 2.24) is 4.90 Å². The summed E-state index contributed by atoms with van der Waals surface area (Å²) in [4.78, 5) is 22.5. The van der Waals surface area contributed by atoms with Crippen LogP contribution in [0.3, 0.4) is 0 Å². The predicted molar refractivity (Wildman–Crippen MR) is 61.0 cm³/mol. The van der Waals surface area contributed by atoms with Crippen LogP contribution in [-0.4, -0.2) is 52.9 Å². The smallest absolute Gasteiger partial charge is 0.471 e. The number of carboxylic acids is 1. The van der Waals surface area contributed by atoms with Crippen molar-refractivity contribution in [1.29, 1.82) is 0 Å². The molecule has 2 saturated heterocycles. The molecule has 0 bridgehead atoms. The highest BCUT2D eigenvalue weighted by Crippen LogP contribution is 2.40. The van der Waals surface area contributed by atoms with Crippen LogP contribution < -0.4 is 0 Å². The Balaban J connectivity index is 1.89. The van der Waals surface area contributed by atoms with Crippen LogP contribution in [0.25, 0.3) is 0 Å². The molecule has 2 heterocycles. The van der Waals surface area contributed by atoms with Gasteiger partial charge in [0.2, 0.25) is 0 Å². The van der Waals surface area contributed by atoms with Crippen LogP contribution in [0.2, 0.25) is 0 Å². The first-order chi connectivity index (χ1) is 9.22. The number of rotatable bonds is 2. The van der Waals surface area contributed by atoms with E-state index in [0.29, 0.717) is 25.7 Å². The molecule has 0 aromatic rings. The molecule has 1 atom stereocenters. The molecule has 1 unspecified atom stereocenters. The number of hydrogen-bond acceptors (Lipinski definition) is 3. The summed E-state index contributed by atoms with van der Waals surface area (Å²) in [5.74, 6) is -2.76. The molecule has 114 valence electrons. The fourth-order valence-corrected chi connectivity index (χ4v) is 2.90. The molecule has 1 spiro atoms. The zero-order chi connectivity index (χ0) is 15.0. The lowest BCUT2D eigenvalue weighted by atomic mass is 9.88. The van der Waals surface area contributed by atoms with Crippen molar-refractivity contribution in [3.05, 3.63) is 0 Å². The predicted octanol–water partition coefficient (Wildman–Crippen LogP) is 1.56. The van der Waals surface area contributed by atoms with E-state index in [1.165, 1.54) is 0 Å². The topological polar surface area (TPSA) is 66.8 Å². The third-order valence-corrected chi connectivity index (χ3v) is 3.95. The van der Waals surface area contributed by atoms with Gasteiger partial charge in [0.05, 0.1) is 18.1 Å². The van der Waals surface area contributed by atoms with Crippen molar-refractivity contribution in [2.45, 2.75) is 50.0 Å². The Kier molecular flexibility index (Phi) is 3.95. The molecular formula is C12H16F3NO4. The number of amides is 1. The largest absolute Gasteiger partial charge is 0.481 e. The van der Waals surface area contributed by atoms with Crippen molar-refractivity contribution in [2.75, 3.05) is 13.1 Å². The van der Waals surface area contributed by atoms with E-state index in [1.54, 1.807) is 0 Å². The number of carboxylic acid groups (broad SMARTS) is 1. The van der Waals surface area contributed by atoms with E-state index in [2.05, 4.69) is 0 Å². The van der Waals surface area contributed by atoms with Crippen LogP contribution >= 0.6 is 0 Å². The van der Waals surface area contributed by atoms with Crippen LogP contribution in [0.4, 0.5) is 13.2 Å². The molecule has 2 aliphatic rings. The quantitative estimate of drug-likeness (QED) is 0.839. The molecule has 5 nitrogen and oxygen atoms in total. The molecule has 1 amide bonds. The average Bonchev–Trinajstić information content (AvgIpc) is 2.70. The molecule has 8 heteroatoms. The number of nitrogens with zero attached hydrogens (tertiary/aromatic N) is 1. The lowest BCUT2D eigenvalue weighted by Gasteiger charge is -2.39. The molecule has 2 fully saturated rings. The molecule has 0 aromatic heterocycles. The molecule has 0 aromatic carbocycles. The second-order valence-corrected chi connectivity index (χ2v) is 5.35. The number of likely N-dealkylation sites (tertiary alicyclic amines) is 1. The number of ether oxygens (including phenoxy) is 1. The number of hydrogen-bond donors (Lipinski definition) is 1. The van der Waals surface area contributed by atoms with Gasteiger partial charge in [-0.15, -0.1) is 0 Å². The van der Waals surface area contributed by atoms with Gasteiger partial charge >= 0.3 is 18.1 Å². The number of carbonyl (C=O) groups excluding carboxylic acids is 1. The Morgan fingerprint density at radius 3 is 2.35 bits per heavy atom. The van der Waals surface area contributed by atoms with Gasteiger partial charge in [0, 0.05) is 13.1 Å². The van der Waals surface area contributed by atoms with Gasteiger partial charge in [0.1, 0.15) is 0 Å². The van der Waals surface area contributed by atoms with Crippen LogP contribution in [0, 0.1) is 0 Å². The molecule has 2 rings (SSSR count). The van der Waals surface area contributed by atoms with Gasteiger partial charge < -0.3 is 14.7 Å². The molecule has 20 heavy (non-hydrogen) atoms. The minimum atomic E-state index is -4.84. The van der Waals surface area contributed by atoms with E-state index in [-0.39, 0.29) is 25.6 Å². The van der Waals surface area contributed by atoms with E-state index < -0.39 is 23.7 Å². The first-order valence-electron chi connectivity index (χ1n) is 6.48. The summed E-state index contributed by atoms with van der Waals surface area (Å²) in [5, 5.41) is 8.71. The number of alkyl halides is 3. The Morgan fingerprint density at radius 1 is 1.25 bits per heavy atom. The minimum absolute atomic E-state index is 0.00185. The second-order valence-electron chi connectivity index (χ2n) is 5.35. The van der Waals surface area contributed by atoms with Gasteiger partial charge in [-0.3, -0.25) is 9.59 Å². The maximum Gasteiger partial charge on any atom is 0.471 e. The zero-order valence-corrected chi connectivity index (χ0v) is 10.8. The van der Waals surface area contributed by atoms with Crippen molar-refractivity contribution in [3.8, 4) is 0 Å². The summed E-state index contributed by atoms with van der Waals surface area (Å²) in [6.07, 6.45) is -3.42. The Morgan fingerprint density at radius 2 is 1.85 bits per heavy atom. The Labute approximate surface area is 113 Å². The van der Waals surface area contributed by atoms with Gasteiger partial charge in [-0.05, 0) is 25.7 Å². The van der Waals surface area contributed by atoms with Crippen LogP contribution in [0.15, 0.2) is 0 Å². The van der Waals surface area contributed by atoms with Crippen molar-refractivity contribution in [2.24, 2.45) is 0 Å². The van der Waals surface area contributed by atoms with Gasteiger partial charge in [0.25, 0.3) is 0 Å².